The first-order chi connectivity index (χ1) is 9.47. The van der Waals surface area contributed by atoms with Crippen LogP contribution >= 0.6 is 15.9 Å². The van der Waals surface area contributed by atoms with Gasteiger partial charge in [0.2, 0.25) is 0 Å². The van der Waals surface area contributed by atoms with E-state index in [4.69, 9.17) is 0 Å². The van der Waals surface area contributed by atoms with E-state index in [-0.39, 0.29) is 11.9 Å². The number of rotatable bonds is 4. The normalized spacial score (nSPS) is 12.4. The largest absolute Gasteiger partial charge is 0.306 e. The van der Waals surface area contributed by atoms with E-state index in [0.29, 0.717) is 6.54 Å². The van der Waals surface area contributed by atoms with E-state index >= 15 is 0 Å². The van der Waals surface area contributed by atoms with E-state index in [1.54, 1.807) is 6.07 Å². The van der Waals surface area contributed by atoms with E-state index in [0.717, 1.165) is 10.0 Å². The fraction of sp³-hybridized carbons (Fsp3) is 0.294. The van der Waals surface area contributed by atoms with E-state index in [9.17, 15) is 4.39 Å². The monoisotopic (exact) mass is 335 g/mol. The van der Waals surface area contributed by atoms with Gasteiger partial charge in [-0.25, -0.2) is 4.39 Å². The summed E-state index contributed by atoms with van der Waals surface area (Å²) >= 11 is 3.40. The molecule has 2 aromatic carbocycles. The van der Waals surface area contributed by atoms with Gasteiger partial charge >= 0.3 is 0 Å². The predicted octanol–water partition coefficient (Wildman–Crippen LogP) is 5.06. The van der Waals surface area contributed by atoms with Crippen molar-refractivity contribution >= 4 is 15.9 Å². The van der Waals surface area contributed by atoms with Crippen LogP contribution < -0.4 is 5.32 Å². The Morgan fingerprint density at radius 2 is 1.90 bits per heavy atom. The molecular weight excluding hydrogens is 317 g/mol. The highest BCUT2D eigenvalue weighted by Gasteiger charge is 2.09. The highest BCUT2D eigenvalue weighted by Crippen LogP contribution is 2.21. The van der Waals surface area contributed by atoms with Gasteiger partial charge in [0.1, 0.15) is 5.82 Å². The van der Waals surface area contributed by atoms with Gasteiger partial charge in [0, 0.05) is 17.1 Å². The Morgan fingerprint density at radius 3 is 2.55 bits per heavy atom. The Kier molecular flexibility index (Phi) is 4.95. The zero-order valence-corrected chi connectivity index (χ0v) is 13.6. The van der Waals surface area contributed by atoms with Gasteiger partial charge in [-0.1, -0.05) is 45.8 Å². The Balaban J connectivity index is 2.06. The van der Waals surface area contributed by atoms with Crippen LogP contribution in [0.3, 0.4) is 0 Å². The molecule has 0 aliphatic rings. The molecule has 0 aliphatic carbocycles. The van der Waals surface area contributed by atoms with Crippen molar-refractivity contribution in [3.8, 4) is 0 Å². The molecule has 0 amide bonds. The van der Waals surface area contributed by atoms with Gasteiger partial charge in [-0.05, 0) is 49.6 Å². The molecule has 1 unspecified atom stereocenters. The van der Waals surface area contributed by atoms with Gasteiger partial charge in [0.25, 0.3) is 0 Å². The molecule has 1 nitrogen and oxygen atoms in total. The molecule has 106 valence electrons. The summed E-state index contributed by atoms with van der Waals surface area (Å²) in [7, 11) is 0. The molecule has 2 rings (SSSR count). The van der Waals surface area contributed by atoms with Gasteiger partial charge in [0.15, 0.2) is 0 Å². The average Bonchev–Trinajstić information content (AvgIpc) is 2.37. The molecule has 0 aromatic heterocycles. The van der Waals surface area contributed by atoms with E-state index in [1.165, 1.54) is 28.8 Å². The molecule has 0 heterocycles. The Labute approximate surface area is 128 Å². The second-order valence-corrected chi connectivity index (χ2v) is 6.05. The van der Waals surface area contributed by atoms with Crippen molar-refractivity contribution < 1.29 is 4.39 Å². The van der Waals surface area contributed by atoms with Gasteiger partial charge in [-0.2, -0.15) is 0 Å². The minimum Gasteiger partial charge on any atom is -0.306 e. The standard InChI is InChI=1S/C17H19BrFN/c1-11-4-7-16(12(2)8-11)13(3)20-10-14-5-6-15(19)9-17(14)18/h4-9,13,20H,10H2,1-3H3. The van der Waals surface area contributed by atoms with Crippen molar-refractivity contribution in [3.05, 3.63) is 68.9 Å². The van der Waals surface area contributed by atoms with Crippen LogP contribution in [0, 0.1) is 19.7 Å². The van der Waals surface area contributed by atoms with E-state index in [2.05, 4.69) is 60.2 Å². The molecule has 0 spiro atoms. The van der Waals surface area contributed by atoms with Crippen LogP contribution in [0.1, 0.15) is 35.2 Å². The predicted molar refractivity (Wildman–Crippen MR) is 85.3 cm³/mol. The van der Waals surface area contributed by atoms with Crippen LogP contribution in [0.2, 0.25) is 0 Å². The topological polar surface area (TPSA) is 12.0 Å². The van der Waals surface area contributed by atoms with Crippen molar-refractivity contribution in [3.63, 3.8) is 0 Å². The molecule has 1 N–H and O–H groups in total. The lowest BCUT2D eigenvalue weighted by atomic mass is 10.00. The van der Waals surface area contributed by atoms with Crippen LogP contribution in [0.15, 0.2) is 40.9 Å². The minimum absolute atomic E-state index is 0.219. The summed E-state index contributed by atoms with van der Waals surface area (Å²) in [6.07, 6.45) is 0. The van der Waals surface area contributed by atoms with Crippen LogP contribution in [0.5, 0.6) is 0 Å². The number of hydrogen-bond acceptors (Lipinski definition) is 1. The number of aryl methyl sites for hydroxylation is 2. The number of benzene rings is 2. The molecule has 1 atom stereocenters. The van der Waals surface area contributed by atoms with Gasteiger partial charge in [0.05, 0.1) is 0 Å². The quantitative estimate of drug-likeness (QED) is 0.823. The zero-order valence-electron chi connectivity index (χ0n) is 12.0. The Bertz CT molecular complexity index is 610. The number of hydrogen-bond donors (Lipinski definition) is 1. The number of halogens is 2. The van der Waals surface area contributed by atoms with Crippen LogP contribution in [-0.2, 0) is 6.54 Å². The third-order valence-corrected chi connectivity index (χ3v) is 4.24. The Morgan fingerprint density at radius 1 is 1.15 bits per heavy atom. The smallest absolute Gasteiger partial charge is 0.124 e. The molecule has 0 aliphatic heterocycles. The molecule has 0 radical (unpaired) electrons. The zero-order chi connectivity index (χ0) is 14.7. The second-order valence-electron chi connectivity index (χ2n) is 5.20. The minimum atomic E-state index is -0.219. The maximum Gasteiger partial charge on any atom is 0.124 e. The van der Waals surface area contributed by atoms with Crippen LogP contribution in [0.4, 0.5) is 4.39 Å². The fourth-order valence-electron chi connectivity index (χ4n) is 2.35. The van der Waals surface area contributed by atoms with Gasteiger partial charge < -0.3 is 5.32 Å². The lowest BCUT2D eigenvalue weighted by Crippen LogP contribution is -2.19. The highest BCUT2D eigenvalue weighted by atomic mass is 79.9. The summed E-state index contributed by atoms with van der Waals surface area (Å²) in [5, 5.41) is 3.48. The van der Waals surface area contributed by atoms with Gasteiger partial charge in [-0.15, -0.1) is 0 Å². The maximum atomic E-state index is 13.1. The van der Waals surface area contributed by atoms with Crippen LogP contribution in [-0.4, -0.2) is 0 Å². The molecule has 20 heavy (non-hydrogen) atoms. The van der Waals surface area contributed by atoms with Gasteiger partial charge in [-0.3, -0.25) is 0 Å². The number of nitrogens with one attached hydrogen (secondary N) is 1. The molecule has 0 fully saturated rings. The molecule has 0 saturated heterocycles. The first-order valence-electron chi connectivity index (χ1n) is 6.72. The second kappa shape index (κ2) is 6.51. The van der Waals surface area contributed by atoms with Crippen molar-refractivity contribution in [1.29, 1.82) is 0 Å². The molecule has 0 saturated carbocycles. The highest BCUT2D eigenvalue weighted by molar-refractivity contribution is 9.10. The third-order valence-electron chi connectivity index (χ3n) is 3.51. The lowest BCUT2D eigenvalue weighted by Gasteiger charge is -2.17. The first-order valence-corrected chi connectivity index (χ1v) is 7.51. The van der Waals surface area contributed by atoms with Crippen molar-refractivity contribution in [2.24, 2.45) is 0 Å². The molecule has 0 bridgehead atoms. The summed E-state index contributed by atoms with van der Waals surface area (Å²) < 4.78 is 13.9. The Hall–Kier alpha value is -1.19. The summed E-state index contributed by atoms with van der Waals surface area (Å²) in [5.41, 5.74) is 4.93. The summed E-state index contributed by atoms with van der Waals surface area (Å²) in [5.74, 6) is -0.219. The SMILES string of the molecule is Cc1ccc(C(C)NCc2ccc(F)cc2Br)c(C)c1. The average molecular weight is 336 g/mol. The molecular formula is C17H19BrFN. The van der Waals surface area contributed by atoms with E-state index < -0.39 is 0 Å². The third kappa shape index (κ3) is 3.68. The van der Waals surface area contributed by atoms with Crippen molar-refractivity contribution in [1.82, 2.24) is 5.32 Å². The summed E-state index contributed by atoms with van der Waals surface area (Å²) in [6, 6.07) is 11.5. The summed E-state index contributed by atoms with van der Waals surface area (Å²) in [6.45, 7) is 7.09. The summed E-state index contributed by atoms with van der Waals surface area (Å²) in [4.78, 5) is 0. The maximum absolute atomic E-state index is 13.1. The van der Waals surface area contributed by atoms with Crippen molar-refractivity contribution in [2.75, 3.05) is 0 Å². The fourth-order valence-corrected chi connectivity index (χ4v) is 2.84. The van der Waals surface area contributed by atoms with Crippen molar-refractivity contribution in [2.45, 2.75) is 33.4 Å². The molecule has 2 aromatic rings. The van der Waals surface area contributed by atoms with E-state index in [1.807, 2.05) is 0 Å². The molecule has 3 heteroatoms. The lowest BCUT2D eigenvalue weighted by molar-refractivity contribution is 0.569. The first kappa shape index (κ1) is 15.2. The van der Waals surface area contributed by atoms with Crippen LogP contribution in [0.25, 0.3) is 0 Å².